The standard InChI is InChI=1S/C22H27N3O2/c26-21(20-18-4-2-1-3-17(18)6-10-23-20)25-11-8-22(9-12-25)7-5-19(22)24-13-15-27-16-14-24/h1-4,6,10,19H,5,7-9,11-16H2. The van der Waals surface area contributed by atoms with Crippen molar-refractivity contribution in [2.45, 2.75) is 31.7 Å². The van der Waals surface area contributed by atoms with E-state index in [0.29, 0.717) is 17.2 Å². The highest BCUT2D eigenvalue weighted by Gasteiger charge is 2.51. The van der Waals surface area contributed by atoms with Crippen LogP contribution in [0.3, 0.4) is 0 Å². The Morgan fingerprint density at radius 3 is 2.56 bits per heavy atom. The molecule has 1 aliphatic carbocycles. The van der Waals surface area contributed by atoms with Gasteiger partial charge in [-0.05, 0) is 42.6 Å². The number of carbonyl (C=O) groups excluding carboxylic acids is 1. The van der Waals surface area contributed by atoms with Crippen LogP contribution in [0.15, 0.2) is 36.5 Å². The van der Waals surface area contributed by atoms with Crippen LogP contribution in [0, 0.1) is 5.41 Å². The Morgan fingerprint density at radius 2 is 1.81 bits per heavy atom. The van der Waals surface area contributed by atoms with Crippen LogP contribution in [0.25, 0.3) is 10.8 Å². The van der Waals surface area contributed by atoms with E-state index in [9.17, 15) is 4.79 Å². The predicted molar refractivity (Wildman–Crippen MR) is 105 cm³/mol. The molecule has 5 rings (SSSR count). The molecule has 5 nitrogen and oxygen atoms in total. The molecule has 3 heterocycles. The minimum Gasteiger partial charge on any atom is -0.379 e. The summed E-state index contributed by atoms with van der Waals surface area (Å²) in [4.78, 5) is 22.2. The van der Waals surface area contributed by atoms with Gasteiger partial charge in [-0.25, -0.2) is 0 Å². The Bertz CT molecular complexity index is 833. The number of amides is 1. The van der Waals surface area contributed by atoms with Crippen LogP contribution in [0.1, 0.15) is 36.2 Å². The number of hydrogen-bond acceptors (Lipinski definition) is 4. The molecule has 2 aliphatic heterocycles. The molecule has 1 amide bonds. The number of nitrogens with zero attached hydrogens (tertiary/aromatic N) is 3. The number of rotatable bonds is 2. The summed E-state index contributed by atoms with van der Waals surface area (Å²) < 4.78 is 5.53. The first kappa shape index (κ1) is 17.1. The van der Waals surface area contributed by atoms with E-state index in [1.807, 2.05) is 35.2 Å². The van der Waals surface area contributed by atoms with Crippen molar-refractivity contribution < 1.29 is 9.53 Å². The van der Waals surface area contributed by atoms with Crippen molar-refractivity contribution in [1.29, 1.82) is 0 Å². The average Bonchev–Trinajstić information content (AvgIpc) is 2.73. The van der Waals surface area contributed by atoms with Gasteiger partial charge < -0.3 is 9.64 Å². The van der Waals surface area contributed by atoms with Crippen molar-refractivity contribution in [3.63, 3.8) is 0 Å². The Balaban J connectivity index is 1.29. The minimum absolute atomic E-state index is 0.0869. The van der Waals surface area contributed by atoms with Gasteiger partial charge in [0.1, 0.15) is 5.69 Å². The number of morpholine rings is 1. The maximum absolute atomic E-state index is 13.2. The number of piperidine rings is 1. The van der Waals surface area contributed by atoms with Crippen molar-refractivity contribution in [3.8, 4) is 0 Å². The van der Waals surface area contributed by atoms with Gasteiger partial charge in [0.25, 0.3) is 5.91 Å². The summed E-state index contributed by atoms with van der Waals surface area (Å²) in [7, 11) is 0. The first-order valence-electron chi connectivity index (χ1n) is 10.2. The van der Waals surface area contributed by atoms with Crippen LogP contribution in [0.4, 0.5) is 0 Å². The first-order valence-corrected chi connectivity index (χ1v) is 10.2. The second-order valence-electron chi connectivity index (χ2n) is 8.24. The molecule has 1 aromatic carbocycles. The normalized spacial score (nSPS) is 25.5. The molecule has 1 aromatic heterocycles. The fourth-order valence-corrected chi connectivity index (χ4v) is 5.32. The van der Waals surface area contributed by atoms with Crippen LogP contribution >= 0.6 is 0 Å². The third-order valence-electron chi connectivity index (χ3n) is 7.03. The number of pyridine rings is 1. The number of likely N-dealkylation sites (tertiary alicyclic amines) is 1. The molecule has 1 unspecified atom stereocenters. The fraction of sp³-hybridized carbons (Fsp3) is 0.545. The van der Waals surface area contributed by atoms with Gasteiger partial charge in [0.2, 0.25) is 0 Å². The third-order valence-corrected chi connectivity index (χ3v) is 7.03. The van der Waals surface area contributed by atoms with E-state index in [-0.39, 0.29) is 5.91 Å². The highest BCUT2D eigenvalue weighted by Crippen LogP contribution is 2.51. The summed E-state index contributed by atoms with van der Waals surface area (Å²) in [6.07, 6.45) is 6.60. The molecule has 3 aliphatic rings. The summed E-state index contributed by atoms with van der Waals surface area (Å²) >= 11 is 0. The van der Waals surface area contributed by atoms with Gasteiger partial charge in [-0.15, -0.1) is 0 Å². The summed E-state index contributed by atoms with van der Waals surface area (Å²) in [5.41, 5.74) is 1.02. The molecule has 142 valence electrons. The quantitative estimate of drug-likeness (QED) is 0.821. The van der Waals surface area contributed by atoms with Crippen LogP contribution < -0.4 is 0 Å². The van der Waals surface area contributed by atoms with Crippen molar-refractivity contribution in [2.75, 3.05) is 39.4 Å². The largest absolute Gasteiger partial charge is 0.379 e. The average molecular weight is 365 g/mol. The van der Waals surface area contributed by atoms with Crippen LogP contribution in [0.5, 0.6) is 0 Å². The van der Waals surface area contributed by atoms with Gasteiger partial charge in [-0.2, -0.15) is 0 Å². The summed E-state index contributed by atoms with van der Waals surface area (Å²) in [5, 5.41) is 2.04. The van der Waals surface area contributed by atoms with E-state index < -0.39 is 0 Å². The topological polar surface area (TPSA) is 45.7 Å². The van der Waals surface area contributed by atoms with Crippen molar-refractivity contribution >= 4 is 16.7 Å². The lowest BCUT2D eigenvalue weighted by atomic mass is 9.58. The van der Waals surface area contributed by atoms with E-state index in [0.717, 1.165) is 63.0 Å². The lowest BCUT2D eigenvalue weighted by Crippen LogP contribution is -2.61. The smallest absolute Gasteiger partial charge is 0.273 e. The molecule has 0 radical (unpaired) electrons. The zero-order chi connectivity index (χ0) is 18.3. The van der Waals surface area contributed by atoms with E-state index in [4.69, 9.17) is 4.74 Å². The molecular weight excluding hydrogens is 338 g/mol. The van der Waals surface area contributed by atoms with Gasteiger partial charge >= 0.3 is 0 Å². The third kappa shape index (κ3) is 2.93. The second kappa shape index (κ2) is 6.88. The molecule has 27 heavy (non-hydrogen) atoms. The zero-order valence-corrected chi connectivity index (χ0v) is 15.8. The highest BCUT2D eigenvalue weighted by molar-refractivity contribution is 6.05. The van der Waals surface area contributed by atoms with Crippen molar-refractivity contribution in [2.24, 2.45) is 5.41 Å². The molecule has 0 bridgehead atoms. The number of hydrogen-bond donors (Lipinski definition) is 0. The van der Waals surface area contributed by atoms with Gasteiger partial charge in [-0.3, -0.25) is 14.7 Å². The number of carbonyl (C=O) groups is 1. The Hall–Kier alpha value is -1.98. The molecule has 2 saturated heterocycles. The van der Waals surface area contributed by atoms with Gasteiger partial charge in [-0.1, -0.05) is 24.3 Å². The molecule has 1 spiro atoms. The fourth-order valence-electron chi connectivity index (χ4n) is 5.32. The van der Waals surface area contributed by atoms with Gasteiger partial charge in [0, 0.05) is 43.8 Å². The maximum atomic E-state index is 13.2. The van der Waals surface area contributed by atoms with Gasteiger partial charge in [0.15, 0.2) is 0 Å². The molecular formula is C22H27N3O2. The molecule has 1 saturated carbocycles. The Morgan fingerprint density at radius 1 is 1.04 bits per heavy atom. The number of benzene rings is 1. The lowest BCUT2D eigenvalue weighted by molar-refractivity contribution is -0.0937. The van der Waals surface area contributed by atoms with Crippen LogP contribution in [0.2, 0.25) is 0 Å². The Labute approximate surface area is 160 Å². The molecule has 1 atom stereocenters. The van der Waals surface area contributed by atoms with E-state index in [1.54, 1.807) is 6.20 Å². The second-order valence-corrected chi connectivity index (χ2v) is 8.24. The van der Waals surface area contributed by atoms with Crippen molar-refractivity contribution in [1.82, 2.24) is 14.8 Å². The molecule has 0 N–H and O–H groups in total. The lowest BCUT2D eigenvalue weighted by Gasteiger charge is -2.58. The SMILES string of the molecule is O=C(c1nccc2ccccc12)N1CCC2(CCC2N2CCOCC2)CC1. The number of ether oxygens (including phenoxy) is 1. The van der Waals surface area contributed by atoms with Crippen molar-refractivity contribution in [3.05, 3.63) is 42.2 Å². The van der Waals surface area contributed by atoms with E-state index in [1.165, 1.54) is 12.8 Å². The molecule has 5 heteroatoms. The molecule has 3 fully saturated rings. The highest BCUT2D eigenvalue weighted by atomic mass is 16.5. The monoisotopic (exact) mass is 365 g/mol. The maximum Gasteiger partial charge on any atom is 0.273 e. The summed E-state index contributed by atoms with van der Waals surface area (Å²) in [6, 6.07) is 10.7. The zero-order valence-electron chi connectivity index (χ0n) is 15.8. The minimum atomic E-state index is 0.0869. The van der Waals surface area contributed by atoms with Gasteiger partial charge in [0.05, 0.1) is 13.2 Å². The summed E-state index contributed by atoms with van der Waals surface area (Å²) in [5.74, 6) is 0.0869. The van der Waals surface area contributed by atoms with E-state index in [2.05, 4.69) is 9.88 Å². The van der Waals surface area contributed by atoms with Crippen LogP contribution in [-0.4, -0.2) is 66.1 Å². The van der Waals surface area contributed by atoms with E-state index >= 15 is 0 Å². The number of fused-ring (bicyclic) bond motifs is 1. The molecule has 2 aromatic rings. The first-order chi connectivity index (χ1) is 13.3. The van der Waals surface area contributed by atoms with Crippen LogP contribution in [-0.2, 0) is 4.74 Å². The predicted octanol–water partition coefficient (Wildman–Crippen LogP) is 2.95. The summed E-state index contributed by atoms with van der Waals surface area (Å²) in [6.45, 7) is 5.56. The number of aromatic nitrogens is 1. The Kier molecular flexibility index (Phi) is 4.37.